The number of primary amides is 1. The van der Waals surface area contributed by atoms with Gasteiger partial charge < -0.3 is 20.1 Å². The molecule has 2 amide bonds. The molecule has 2 N–H and O–H groups in total. The summed E-state index contributed by atoms with van der Waals surface area (Å²) in [7, 11) is 0. The third-order valence-electron chi connectivity index (χ3n) is 4.22. The highest BCUT2D eigenvalue weighted by molar-refractivity contribution is 7.10. The Morgan fingerprint density at radius 3 is 3.18 bits per heavy atom. The molecule has 1 aromatic heterocycles. The molecule has 0 radical (unpaired) electrons. The first-order chi connectivity index (χ1) is 10.6. The Kier molecular flexibility index (Phi) is 4.63. The molecule has 3 heterocycles. The van der Waals surface area contributed by atoms with Gasteiger partial charge in [0.25, 0.3) is 0 Å². The van der Waals surface area contributed by atoms with Gasteiger partial charge in [0.1, 0.15) is 6.61 Å². The molecule has 7 heteroatoms. The van der Waals surface area contributed by atoms with E-state index in [0.29, 0.717) is 13.2 Å². The van der Waals surface area contributed by atoms with Crippen LogP contribution in [0.15, 0.2) is 11.4 Å². The number of carbonyl (C=O) groups excluding carboxylic acids is 2. The van der Waals surface area contributed by atoms with Gasteiger partial charge in [-0.2, -0.15) is 0 Å². The van der Waals surface area contributed by atoms with E-state index in [1.54, 1.807) is 16.2 Å². The fourth-order valence-electron chi connectivity index (χ4n) is 3.09. The van der Waals surface area contributed by atoms with Crippen LogP contribution < -0.4 is 5.73 Å². The van der Waals surface area contributed by atoms with Crippen molar-refractivity contribution in [1.29, 1.82) is 0 Å². The van der Waals surface area contributed by atoms with Gasteiger partial charge in [-0.1, -0.05) is 0 Å². The SMILES string of the molecule is NC(=O)N1CCC[C@@H]1COC(=O)C[C@H]1OCCc2sccc21. The zero-order valence-corrected chi connectivity index (χ0v) is 13.1. The number of fused-ring (bicyclic) bond motifs is 1. The number of nitrogens with zero attached hydrogens (tertiary/aromatic N) is 1. The second kappa shape index (κ2) is 6.66. The molecule has 0 unspecified atom stereocenters. The number of urea groups is 1. The number of amides is 2. The second-order valence-electron chi connectivity index (χ2n) is 5.62. The van der Waals surface area contributed by atoms with Crippen LogP contribution in [0.4, 0.5) is 4.79 Å². The van der Waals surface area contributed by atoms with Crippen LogP contribution in [0, 0.1) is 0 Å². The molecule has 22 heavy (non-hydrogen) atoms. The minimum absolute atomic E-state index is 0.0922. The van der Waals surface area contributed by atoms with Gasteiger partial charge in [-0.05, 0) is 29.9 Å². The molecule has 2 aliphatic heterocycles. The lowest BCUT2D eigenvalue weighted by Crippen LogP contribution is -2.42. The predicted molar refractivity (Wildman–Crippen MR) is 81.6 cm³/mol. The van der Waals surface area contributed by atoms with Gasteiger partial charge in [-0.3, -0.25) is 4.79 Å². The molecule has 0 aliphatic carbocycles. The van der Waals surface area contributed by atoms with Gasteiger partial charge in [-0.15, -0.1) is 11.3 Å². The van der Waals surface area contributed by atoms with Crippen molar-refractivity contribution in [3.63, 3.8) is 0 Å². The molecule has 2 aliphatic rings. The topological polar surface area (TPSA) is 81.9 Å². The molecule has 1 aromatic rings. The van der Waals surface area contributed by atoms with Crippen molar-refractivity contribution in [2.75, 3.05) is 19.8 Å². The summed E-state index contributed by atoms with van der Waals surface area (Å²) < 4.78 is 11.0. The summed E-state index contributed by atoms with van der Waals surface area (Å²) in [5.41, 5.74) is 6.42. The largest absolute Gasteiger partial charge is 0.463 e. The Bertz CT molecular complexity index is 559. The van der Waals surface area contributed by atoms with E-state index >= 15 is 0 Å². The molecule has 0 aromatic carbocycles. The van der Waals surface area contributed by atoms with Crippen LogP contribution in [-0.2, 0) is 20.7 Å². The normalized spacial score (nSPS) is 24.1. The summed E-state index contributed by atoms with van der Waals surface area (Å²) in [6.07, 6.45) is 2.64. The maximum atomic E-state index is 12.0. The van der Waals surface area contributed by atoms with Crippen LogP contribution in [-0.4, -0.2) is 42.7 Å². The van der Waals surface area contributed by atoms with E-state index in [4.69, 9.17) is 15.2 Å². The zero-order chi connectivity index (χ0) is 15.5. The van der Waals surface area contributed by atoms with E-state index < -0.39 is 6.03 Å². The quantitative estimate of drug-likeness (QED) is 0.857. The summed E-state index contributed by atoms with van der Waals surface area (Å²) in [5, 5.41) is 2.03. The number of rotatable bonds is 4. The van der Waals surface area contributed by atoms with Crippen molar-refractivity contribution >= 4 is 23.3 Å². The van der Waals surface area contributed by atoms with E-state index in [1.165, 1.54) is 4.88 Å². The summed E-state index contributed by atoms with van der Waals surface area (Å²) in [6, 6.07) is 1.48. The van der Waals surface area contributed by atoms with E-state index in [1.807, 2.05) is 11.4 Å². The number of thiophene rings is 1. The third-order valence-corrected chi connectivity index (χ3v) is 5.22. The Balaban J connectivity index is 1.51. The highest BCUT2D eigenvalue weighted by atomic mass is 32.1. The van der Waals surface area contributed by atoms with Crippen molar-refractivity contribution in [3.8, 4) is 0 Å². The Morgan fingerprint density at radius 1 is 1.50 bits per heavy atom. The maximum absolute atomic E-state index is 12.0. The van der Waals surface area contributed by atoms with Crippen molar-refractivity contribution in [3.05, 3.63) is 21.9 Å². The molecule has 120 valence electrons. The van der Waals surface area contributed by atoms with E-state index in [-0.39, 0.29) is 31.1 Å². The smallest absolute Gasteiger partial charge is 0.315 e. The number of nitrogens with two attached hydrogens (primary N) is 1. The summed E-state index contributed by atoms with van der Waals surface area (Å²) in [6.45, 7) is 1.50. The minimum atomic E-state index is -0.447. The molecule has 6 nitrogen and oxygen atoms in total. The molecule has 3 rings (SSSR count). The maximum Gasteiger partial charge on any atom is 0.315 e. The van der Waals surface area contributed by atoms with Gasteiger partial charge in [0.2, 0.25) is 0 Å². The van der Waals surface area contributed by atoms with Gasteiger partial charge in [0.15, 0.2) is 0 Å². The first-order valence-corrected chi connectivity index (χ1v) is 8.42. The predicted octanol–water partition coefficient (Wildman–Crippen LogP) is 1.84. The number of esters is 1. The lowest BCUT2D eigenvalue weighted by atomic mass is 10.0. The summed E-state index contributed by atoms with van der Waals surface area (Å²) >= 11 is 1.70. The zero-order valence-electron chi connectivity index (χ0n) is 12.3. The van der Waals surface area contributed by atoms with Gasteiger partial charge >= 0.3 is 12.0 Å². The number of likely N-dealkylation sites (tertiary alicyclic amines) is 1. The molecule has 0 bridgehead atoms. The molecule has 1 fully saturated rings. The van der Waals surface area contributed by atoms with E-state index in [2.05, 4.69) is 0 Å². The van der Waals surface area contributed by atoms with Crippen LogP contribution in [0.25, 0.3) is 0 Å². The average molecular weight is 324 g/mol. The summed E-state index contributed by atoms with van der Waals surface area (Å²) in [4.78, 5) is 26.2. The van der Waals surface area contributed by atoms with Crippen LogP contribution in [0.3, 0.4) is 0 Å². The average Bonchev–Trinajstić information content (AvgIpc) is 3.14. The minimum Gasteiger partial charge on any atom is -0.463 e. The molecule has 1 saturated heterocycles. The molecular weight excluding hydrogens is 304 g/mol. The van der Waals surface area contributed by atoms with Crippen LogP contribution in [0.5, 0.6) is 0 Å². The fraction of sp³-hybridized carbons (Fsp3) is 0.600. The Labute approximate surface area is 133 Å². The standard InChI is InChI=1S/C15H20N2O4S/c16-15(19)17-5-1-2-10(17)9-21-14(18)8-12-11-4-7-22-13(11)3-6-20-12/h4,7,10,12H,1-3,5-6,8-9H2,(H2,16,19)/t10-,12-/m1/s1. The number of ether oxygens (including phenoxy) is 2. The first-order valence-electron chi connectivity index (χ1n) is 7.54. The highest BCUT2D eigenvalue weighted by Crippen LogP contribution is 2.33. The molecule has 0 saturated carbocycles. The highest BCUT2D eigenvalue weighted by Gasteiger charge is 2.29. The van der Waals surface area contributed by atoms with Crippen LogP contribution >= 0.6 is 11.3 Å². The Hall–Kier alpha value is -1.60. The van der Waals surface area contributed by atoms with Crippen LogP contribution in [0.1, 0.15) is 35.8 Å². The molecule has 2 atom stereocenters. The van der Waals surface area contributed by atoms with Crippen molar-refractivity contribution in [2.45, 2.75) is 37.8 Å². The Morgan fingerprint density at radius 2 is 2.36 bits per heavy atom. The lowest BCUT2D eigenvalue weighted by molar-refractivity contribution is -0.148. The van der Waals surface area contributed by atoms with Gasteiger partial charge in [0, 0.05) is 17.8 Å². The monoisotopic (exact) mass is 324 g/mol. The van der Waals surface area contributed by atoms with E-state index in [9.17, 15) is 9.59 Å². The number of hydrogen-bond acceptors (Lipinski definition) is 5. The van der Waals surface area contributed by atoms with Gasteiger partial charge in [0.05, 0.1) is 25.2 Å². The third kappa shape index (κ3) is 3.25. The number of carbonyl (C=O) groups is 2. The first kappa shape index (κ1) is 15.3. The van der Waals surface area contributed by atoms with Crippen molar-refractivity contribution in [2.24, 2.45) is 5.73 Å². The molecule has 0 spiro atoms. The van der Waals surface area contributed by atoms with Crippen LogP contribution in [0.2, 0.25) is 0 Å². The lowest BCUT2D eigenvalue weighted by Gasteiger charge is -2.24. The van der Waals surface area contributed by atoms with Crippen molar-refractivity contribution < 1.29 is 19.1 Å². The fourth-order valence-corrected chi connectivity index (χ4v) is 4.01. The van der Waals surface area contributed by atoms with Crippen molar-refractivity contribution in [1.82, 2.24) is 4.90 Å². The number of hydrogen-bond donors (Lipinski definition) is 1. The second-order valence-corrected chi connectivity index (χ2v) is 6.62. The molecular formula is C15H20N2O4S. The van der Waals surface area contributed by atoms with E-state index in [0.717, 1.165) is 24.8 Å². The summed E-state index contributed by atoms with van der Waals surface area (Å²) in [5.74, 6) is -0.291. The van der Waals surface area contributed by atoms with Gasteiger partial charge in [-0.25, -0.2) is 4.79 Å².